The van der Waals surface area contributed by atoms with Gasteiger partial charge in [0.2, 0.25) is 11.9 Å². The molecule has 0 atom stereocenters. The van der Waals surface area contributed by atoms with Crippen LogP contribution >= 0.6 is 0 Å². The number of hydrogen-bond donors (Lipinski definition) is 0. The molecule has 0 radical (unpaired) electrons. The van der Waals surface area contributed by atoms with Crippen LogP contribution in [0, 0.1) is 11.9 Å². The highest BCUT2D eigenvalue weighted by Gasteiger charge is 2.06. The highest BCUT2D eigenvalue weighted by molar-refractivity contribution is 5.61. The van der Waals surface area contributed by atoms with Gasteiger partial charge < -0.3 is 0 Å². The normalized spacial score (nSPS) is 10.1. The Morgan fingerprint density at radius 1 is 0.929 bits per heavy atom. The van der Waals surface area contributed by atoms with Crippen molar-refractivity contribution in [2.24, 2.45) is 0 Å². The van der Waals surface area contributed by atoms with Crippen LogP contribution in [0.1, 0.15) is 0 Å². The molecule has 2 nitrogen and oxygen atoms in total. The fourth-order valence-corrected chi connectivity index (χ4v) is 1.16. The van der Waals surface area contributed by atoms with Gasteiger partial charge in [-0.2, -0.15) is 13.8 Å². The Kier molecular flexibility index (Phi) is 2.18. The molecule has 0 N–H and O–H groups in total. The second kappa shape index (κ2) is 3.49. The van der Waals surface area contributed by atoms with Crippen molar-refractivity contribution in [3.05, 3.63) is 48.6 Å². The van der Waals surface area contributed by atoms with Gasteiger partial charge in [-0.25, -0.2) is 0 Å². The van der Waals surface area contributed by atoms with Crippen LogP contribution in [0.15, 0.2) is 36.7 Å². The molecule has 70 valence electrons. The van der Waals surface area contributed by atoms with Crippen LogP contribution in [-0.2, 0) is 0 Å². The highest BCUT2D eigenvalue weighted by Crippen LogP contribution is 2.20. The second-order valence-corrected chi connectivity index (χ2v) is 2.71. The summed E-state index contributed by atoms with van der Waals surface area (Å²) in [4.78, 5) is 6.90. The van der Waals surface area contributed by atoms with Crippen molar-refractivity contribution in [1.29, 1.82) is 0 Å². The van der Waals surface area contributed by atoms with E-state index in [0.29, 0.717) is 5.56 Å². The van der Waals surface area contributed by atoms with Gasteiger partial charge in [-0.3, -0.25) is 4.98 Å². The summed E-state index contributed by atoms with van der Waals surface area (Å²) in [5, 5.41) is 0. The van der Waals surface area contributed by atoms with E-state index < -0.39 is 11.9 Å². The third-order valence-corrected chi connectivity index (χ3v) is 1.81. The lowest BCUT2D eigenvalue weighted by molar-refractivity contribution is 0.515. The lowest BCUT2D eigenvalue weighted by Crippen LogP contribution is -1.91. The van der Waals surface area contributed by atoms with Crippen molar-refractivity contribution in [3.63, 3.8) is 0 Å². The maximum atomic E-state index is 13.2. The highest BCUT2D eigenvalue weighted by atomic mass is 19.1. The zero-order valence-corrected chi connectivity index (χ0v) is 7.11. The standard InChI is InChI=1S/C10H6F2N2/c11-9-2-1-8(10(12)14-9)7-3-5-13-6-4-7/h1-6H. The van der Waals surface area contributed by atoms with E-state index in [2.05, 4.69) is 9.97 Å². The molecule has 0 aliphatic carbocycles. The lowest BCUT2D eigenvalue weighted by atomic mass is 10.1. The first-order chi connectivity index (χ1) is 6.77. The van der Waals surface area contributed by atoms with Crippen LogP contribution in [0.3, 0.4) is 0 Å². The second-order valence-electron chi connectivity index (χ2n) is 2.71. The van der Waals surface area contributed by atoms with Crippen molar-refractivity contribution >= 4 is 0 Å². The smallest absolute Gasteiger partial charge is 0.223 e. The molecule has 0 fully saturated rings. The number of nitrogens with zero attached hydrogens (tertiary/aromatic N) is 2. The third-order valence-electron chi connectivity index (χ3n) is 1.81. The fourth-order valence-electron chi connectivity index (χ4n) is 1.16. The molecule has 0 aliphatic heterocycles. The van der Waals surface area contributed by atoms with Crippen molar-refractivity contribution < 1.29 is 8.78 Å². The molecule has 4 heteroatoms. The Hall–Kier alpha value is -1.84. The van der Waals surface area contributed by atoms with Gasteiger partial charge in [-0.1, -0.05) is 0 Å². The minimum absolute atomic E-state index is 0.272. The topological polar surface area (TPSA) is 25.8 Å². The van der Waals surface area contributed by atoms with Crippen LogP contribution in [0.4, 0.5) is 8.78 Å². The molecule has 0 unspecified atom stereocenters. The van der Waals surface area contributed by atoms with Gasteiger partial charge in [0.25, 0.3) is 0 Å². The zero-order chi connectivity index (χ0) is 9.97. The van der Waals surface area contributed by atoms with Gasteiger partial charge in [0, 0.05) is 18.0 Å². The van der Waals surface area contributed by atoms with Crippen LogP contribution < -0.4 is 0 Å². The Labute approximate surface area is 79.3 Å². The summed E-state index contributed by atoms with van der Waals surface area (Å²) < 4.78 is 25.7. The molecule has 2 heterocycles. The van der Waals surface area contributed by atoms with E-state index in [-0.39, 0.29) is 5.56 Å². The van der Waals surface area contributed by atoms with Crippen LogP contribution in [0.5, 0.6) is 0 Å². The number of halogens is 2. The maximum Gasteiger partial charge on any atom is 0.223 e. The monoisotopic (exact) mass is 192 g/mol. The Morgan fingerprint density at radius 3 is 2.29 bits per heavy atom. The number of aromatic nitrogens is 2. The van der Waals surface area contributed by atoms with Crippen LogP contribution in [0.25, 0.3) is 11.1 Å². The van der Waals surface area contributed by atoms with E-state index in [1.54, 1.807) is 12.1 Å². The number of hydrogen-bond acceptors (Lipinski definition) is 2. The Bertz CT molecular complexity index is 443. The molecule has 14 heavy (non-hydrogen) atoms. The van der Waals surface area contributed by atoms with Crippen molar-refractivity contribution in [2.75, 3.05) is 0 Å². The molecule has 0 spiro atoms. The summed E-state index contributed by atoms with van der Waals surface area (Å²) in [6.07, 6.45) is 3.08. The SMILES string of the molecule is Fc1ccc(-c2ccncc2)c(F)n1. The summed E-state index contributed by atoms with van der Waals surface area (Å²) in [6.45, 7) is 0. The molecule has 2 aromatic heterocycles. The Balaban J connectivity index is 2.53. The predicted molar refractivity (Wildman–Crippen MR) is 47.4 cm³/mol. The molecular formula is C10H6F2N2. The Morgan fingerprint density at radius 2 is 1.64 bits per heavy atom. The van der Waals surface area contributed by atoms with Gasteiger partial charge in [0.05, 0.1) is 0 Å². The summed E-state index contributed by atoms with van der Waals surface area (Å²) in [7, 11) is 0. The minimum atomic E-state index is -0.819. The van der Waals surface area contributed by atoms with Crippen molar-refractivity contribution in [3.8, 4) is 11.1 Å². The molecule has 2 rings (SSSR count). The van der Waals surface area contributed by atoms with E-state index in [1.807, 2.05) is 0 Å². The minimum Gasteiger partial charge on any atom is -0.265 e. The van der Waals surface area contributed by atoms with E-state index in [1.165, 1.54) is 18.5 Å². The first kappa shape index (κ1) is 8.74. The molecular weight excluding hydrogens is 186 g/mol. The summed E-state index contributed by atoms with van der Waals surface area (Å²) in [5.41, 5.74) is 0.902. The van der Waals surface area contributed by atoms with Crippen LogP contribution in [0.2, 0.25) is 0 Å². The fraction of sp³-hybridized carbons (Fsp3) is 0. The largest absolute Gasteiger partial charge is 0.265 e. The maximum absolute atomic E-state index is 13.2. The third kappa shape index (κ3) is 1.59. The van der Waals surface area contributed by atoms with Gasteiger partial charge in [-0.05, 0) is 29.8 Å². The molecule has 2 aromatic rings. The number of pyridine rings is 2. The van der Waals surface area contributed by atoms with Gasteiger partial charge >= 0.3 is 0 Å². The molecule has 0 saturated carbocycles. The predicted octanol–water partition coefficient (Wildman–Crippen LogP) is 2.42. The van der Waals surface area contributed by atoms with E-state index in [9.17, 15) is 8.78 Å². The number of rotatable bonds is 1. The molecule has 0 bridgehead atoms. The van der Waals surface area contributed by atoms with Crippen molar-refractivity contribution in [1.82, 2.24) is 9.97 Å². The average Bonchev–Trinajstić information content (AvgIpc) is 2.19. The van der Waals surface area contributed by atoms with Crippen molar-refractivity contribution in [2.45, 2.75) is 0 Å². The summed E-state index contributed by atoms with van der Waals surface area (Å²) in [6, 6.07) is 5.75. The van der Waals surface area contributed by atoms with Crippen LogP contribution in [-0.4, -0.2) is 9.97 Å². The first-order valence-corrected chi connectivity index (χ1v) is 4.00. The quantitative estimate of drug-likeness (QED) is 0.648. The van der Waals surface area contributed by atoms with Gasteiger partial charge in [-0.15, -0.1) is 0 Å². The molecule has 0 amide bonds. The summed E-state index contributed by atoms with van der Waals surface area (Å²) >= 11 is 0. The molecule has 0 saturated heterocycles. The zero-order valence-electron chi connectivity index (χ0n) is 7.11. The van der Waals surface area contributed by atoms with E-state index >= 15 is 0 Å². The molecule has 0 aliphatic rings. The van der Waals surface area contributed by atoms with E-state index in [4.69, 9.17) is 0 Å². The average molecular weight is 192 g/mol. The van der Waals surface area contributed by atoms with Gasteiger partial charge in [0.15, 0.2) is 0 Å². The molecule has 0 aromatic carbocycles. The first-order valence-electron chi connectivity index (χ1n) is 4.00. The van der Waals surface area contributed by atoms with E-state index in [0.717, 1.165) is 6.07 Å². The summed E-state index contributed by atoms with van der Waals surface area (Å²) in [5.74, 6) is -1.63. The van der Waals surface area contributed by atoms with Gasteiger partial charge in [0.1, 0.15) is 0 Å². The lowest BCUT2D eigenvalue weighted by Gasteiger charge is -2.01.